The van der Waals surface area contributed by atoms with Crippen LogP contribution < -0.4 is 5.32 Å². The van der Waals surface area contributed by atoms with Crippen LogP contribution in [0.4, 0.5) is 5.69 Å². The number of nitrogens with zero attached hydrogens (tertiary/aromatic N) is 2. The van der Waals surface area contributed by atoms with E-state index in [1.165, 1.54) is 11.8 Å². The summed E-state index contributed by atoms with van der Waals surface area (Å²) < 4.78 is 0. The largest absolute Gasteiger partial charge is 0.331 e. The third-order valence-corrected chi connectivity index (χ3v) is 5.01. The molecule has 2 aromatic carbocycles. The average molecular weight is 385 g/mol. The molecule has 0 bridgehead atoms. The Bertz CT molecular complexity index is 1010. The number of rotatable bonds is 6. The van der Waals surface area contributed by atoms with Crippen molar-refractivity contribution in [2.24, 2.45) is 0 Å². The van der Waals surface area contributed by atoms with Crippen LogP contribution in [0.3, 0.4) is 0 Å². The van der Waals surface area contributed by atoms with Crippen molar-refractivity contribution in [3.8, 4) is 0 Å². The first kappa shape index (κ1) is 18.9. The van der Waals surface area contributed by atoms with E-state index in [0.29, 0.717) is 23.4 Å². The number of pyridine rings is 1. The number of benzene rings is 2. The maximum absolute atomic E-state index is 13.2. The van der Waals surface area contributed by atoms with Gasteiger partial charge in [-0.15, -0.1) is 0 Å². The highest BCUT2D eigenvalue weighted by atomic mass is 16.2. The predicted octanol–water partition coefficient (Wildman–Crippen LogP) is 4.45. The summed E-state index contributed by atoms with van der Waals surface area (Å²) in [6.07, 6.45) is 5.21. The van der Waals surface area contributed by atoms with Crippen LogP contribution in [0.25, 0.3) is 0 Å². The highest BCUT2D eigenvalue weighted by Gasteiger charge is 2.33. The Morgan fingerprint density at radius 2 is 1.79 bits per heavy atom. The fourth-order valence-electron chi connectivity index (χ4n) is 3.24. The quantitative estimate of drug-likeness (QED) is 0.682. The minimum Gasteiger partial charge on any atom is -0.331 e. The lowest BCUT2D eigenvalue weighted by Gasteiger charge is -2.23. The number of hydrogen-bond acceptors (Lipinski definition) is 3. The second-order valence-electron chi connectivity index (χ2n) is 7.43. The zero-order valence-corrected chi connectivity index (χ0v) is 16.3. The summed E-state index contributed by atoms with van der Waals surface area (Å²) in [6, 6.07) is 19.1. The van der Waals surface area contributed by atoms with Crippen LogP contribution in [-0.2, 0) is 6.54 Å². The fraction of sp³-hybridized carbons (Fsp3) is 0.208. The Morgan fingerprint density at radius 1 is 1.03 bits per heavy atom. The molecule has 146 valence electrons. The molecule has 1 saturated carbocycles. The lowest BCUT2D eigenvalue weighted by atomic mass is 10.1. The van der Waals surface area contributed by atoms with E-state index >= 15 is 0 Å². The van der Waals surface area contributed by atoms with Gasteiger partial charge in [0.1, 0.15) is 0 Å². The molecule has 0 unspecified atom stereocenters. The molecule has 5 heteroatoms. The molecule has 1 aromatic heterocycles. The molecule has 0 aliphatic heterocycles. The number of aromatic nitrogens is 1. The van der Waals surface area contributed by atoms with Gasteiger partial charge in [0, 0.05) is 36.2 Å². The van der Waals surface area contributed by atoms with Gasteiger partial charge in [-0.2, -0.15) is 0 Å². The standard InChI is InChI=1S/C24H23N3O2/c1-17-7-9-18(10-8-17)16-27(22-11-12-22)24(29)19-4-2-6-21(14-19)26-23(28)20-5-3-13-25-15-20/h2-10,13-15,22H,11-12,16H2,1H3,(H,26,28). The van der Waals surface area contributed by atoms with Gasteiger partial charge in [0.25, 0.3) is 11.8 Å². The van der Waals surface area contributed by atoms with Crippen molar-refractivity contribution in [2.45, 2.75) is 32.4 Å². The SMILES string of the molecule is Cc1ccc(CN(C(=O)c2cccc(NC(=O)c3cccnc3)c2)C2CC2)cc1. The zero-order chi connectivity index (χ0) is 20.2. The Kier molecular flexibility index (Phi) is 5.38. The van der Waals surface area contributed by atoms with Crippen molar-refractivity contribution >= 4 is 17.5 Å². The van der Waals surface area contributed by atoms with E-state index in [1.54, 1.807) is 42.6 Å². The topological polar surface area (TPSA) is 62.3 Å². The maximum Gasteiger partial charge on any atom is 0.257 e. The summed E-state index contributed by atoms with van der Waals surface area (Å²) in [5.41, 5.74) is 3.97. The van der Waals surface area contributed by atoms with Gasteiger partial charge < -0.3 is 10.2 Å². The maximum atomic E-state index is 13.2. The molecule has 29 heavy (non-hydrogen) atoms. The summed E-state index contributed by atoms with van der Waals surface area (Å²) in [4.78, 5) is 31.5. The van der Waals surface area contributed by atoms with Crippen LogP contribution in [0.2, 0.25) is 0 Å². The molecule has 1 aliphatic rings. The van der Waals surface area contributed by atoms with Gasteiger partial charge in [-0.25, -0.2) is 0 Å². The van der Waals surface area contributed by atoms with Crippen LogP contribution in [0.1, 0.15) is 44.7 Å². The van der Waals surface area contributed by atoms with E-state index in [9.17, 15) is 9.59 Å². The fourth-order valence-corrected chi connectivity index (χ4v) is 3.24. The van der Waals surface area contributed by atoms with Crippen LogP contribution in [-0.4, -0.2) is 27.7 Å². The number of amides is 2. The number of aryl methyl sites for hydroxylation is 1. The zero-order valence-electron chi connectivity index (χ0n) is 16.3. The Balaban J connectivity index is 1.50. The van der Waals surface area contributed by atoms with Crippen molar-refractivity contribution in [3.05, 3.63) is 95.3 Å². The molecular weight excluding hydrogens is 362 g/mol. The van der Waals surface area contributed by atoms with Gasteiger partial charge in [-0.1, -0.05) is 35.9 Å². The molecule has 3 aromatic rings. The van der Waals surface area contributed by atoms with E-state index in [4.69, 9.17) is 0 Å². The Labute approximate surface area is 170 Å². The van der Waals surface area contributed by atoms with Crippen molar-refractivity contribution < 1.29 is 9.59 Å². The smallest absolute Gasteiger partial charge is 0.257 e. The first-order chi connectivity index (χ1) is 14.1. The molecule has 1 aliphatic carbocycles. The Morgan fingerprint density at radius 3 is 2.48 bits per heavy atom. The molecule has 1 N–H and O–H groups in total. The predicted molar refractivity (Wildman–Crippen MR) is 113 cm³/mol. The first-order valence-corrected chi connectivity index (χ1v) is 9.78. The number of carbonyl (C=O) groups is 2. The minimum absolute atomic E-state index is 0.00875. The number of anilines is 1. The summed E-state index contributed by atoms with van der Waals surface area (Å²) >= 11 is 0. The summed E-state index contributed by atoms with van der Waals surface area (Å²) in [5.74, 6) is -0.257. The van der Waals surface area contributed by atoms with Crippen LogP contribution in [0.15, 0.2) is 73.1 Å². The second-order valence-corrected chi connectivity index (χ2v) is 7.43. The van der Waals surface area contributed by atoms with Gasteiger partial charge >= 0.3 is 0 Å². The molecular formula is C24H23N3O2. The van der Waals surface area contributed by atoms with Gasteiger partial charge in [0.2, 0.25) is 0 Å². The van der Waals surface area contributed by atoms with E-state index in [0.717, 1.165) is 18.4 Å². The molecule has 2 amide bonds. The van der Waals surface area contributed by atoms with Gasteiger partial charge in [0.15, 0.2) is 0 Å². The first-order valence-electron chi connectivity index (χ1n) is 9.78. The highest BCUT2D eigenvalue weighted by Crippen LogP contribution is 2.30. The molecule has 0 saturated heterocycles. The highest BCUT2D eigenvalue weighted by molar-refractivity contribution is 6.05. The normalized spacial score (nSPS) is 13.0. The van der Waals surface area contributed by atoms with Crippen molar-refractivity contribution in [1.29, 1.82) is 0 Å². The summed E-state index contributed by atoms with van der Waals surface area (Å²) in [6.45, 7) is 2.65. The van der Waals surface area contributed by atoms with Gasteiger partial charge in [-0.3, -0.25) is 14.6 Å². The number of hydrogen-bond donors (Lipinski definition) is 1. The molecule has 1 heterocycles. The van der Waals surface area contributed by atoms with E-state index in [1.807, 2.05) is 4.90 Å². The molecule has 0 spiro atoms. The summed E-state index contributed by atoms with van der Waals surface area (Å²) in [7, 11) is 0. The number of carbonyl (C=O) groups excluding carboxylic acids is 2. The van der Waals surface area contributed by atoms with Crippen LogP contribution in [0, 0.1) is 6.92 Å². The molecule has 4 rings (SSSR count). The van der Waals surface area contributed by atoms with Gasteiger partial charge in [0.05, 0.1) is 5.56 Å². The van der Waals surface area contributed by atoms with Crippen molar-refractivity contribution in [3.63, 3.8) is 0 Å². The molecule has 0 radical (unpaired) electrons. The lowest BCUT2D eigenvalue weighted by Crippen LogP contribution is -2.32. The number of nitrogens with one attached hydrogen (secondary N) is 1. The minimum atomic E-state index is -0.249. The third kappa shape index (κ3) is 4.69. The molecule has 0 atom stereocenters. The van der Waals surface area contributed by atoms with E-state index < -0.39 is 0 Å². The van der Waals surface area contributed by atoms with Crippen LogP contribution >= 0.6 is 0 Å². The third-order valence-electron chi connectivity index (χ3n) is 5.01. The molecule has 5 nitrogen and oxygen atoms in total. The van der Waals surface area contributed by atoms with Crippen molar-refractivity contribution in [1.82, 2.24) is 9.88 Å². The van der Waals surface area contributed by atoms with E-state index in [-0.39, 0.29) is 17.9 Å². The van der Waals surface area contributed by atoms with Crippen LogP contribution in [0.5, 0.6) is 0 Å². The van der Waals surface area contributed by atoms with Gasteiger partial charge in [-0.05, 0) is 55.7 Å². The lowest BCUT2D eigenvalue weighted by molar-refractivity contribution is 0.0729. The Hall–Kier alpha value is -3.47. The summed E-state index contributed by atoms with van der Waals surface area (Å²) in [5, 5.41) is 2.84. The second kappa shape index (κ2) is 8.27. The van der Waals surface area contributed by atoms with Crippen molar-refractivity contribution in [2.75, 3.05) is 5.32 Å². The monoisotopic (exact) mass is 385 g/mol. The average Bonchev–Trinajstić information content (AvgIpc) is 3.59. The molecule has 1 fully saturated rings. The van der Waals surface area contributed by atoms with E-state index in [2.05, 4.69) is 41.5 Å².